The Hall–Kier alpha value is -1.60. The largest absolute Gasteiger partial charge is 0.306 e. The molecule has 3 rings (SSSR count). The van der Waals surface area contributed by atoms with Gasteiger partial charge in [-0.25, -0.2) is 0 Å². The van der Waals surface area contributed by atoms with Crippen LogP contribution in [0, 0.1) is 12.8 Å². The van der Waals surface area contributed by atoms with Gasteiger partial charge >= 0.3 is 0 Å². The summed E-state index contributed by atoms with van der Waals surface area (Å²) in [6, 6.07) is 20.2. The van der Waals surface area contributed by atoms with Crippen molar-refractivity contribution in [2.75, 3.05) is 0 Å². The van der Waals surface area contributed by atoms with Crippen LogP contribution in [0.5, 0.6) is 0 Å². The predicted molar refractivity (Wildman–Crippen MR) is 79.9 cm³/mol. The molecule has 0 heterocycles. The average molecular weight is 251 g/mol. The van der Waals surface area contributed by atoms with Gasteiger partial charge in [-0.2, -0.15) is 0 Å². The Morgan fingerprint density at radius 2 is 1.68 bits per heavy atom. The molecule has 2 aromatic rings. The molecule has 1 aliphatic rings. The number of rotatable bonds is 5. The van der Waals surface area contributed by atoms with Gasteiger partial charge in [0.15, 0.2) is 0 Å². The molecule has 19 heavy (non-hydrogen) atoms. The second-order valence-corrected chi connectivity index (χ2v) is 5.59. The minimum atomic E-state index is 0.516. The fourth-order valence-corrected chi connectivity index (χ4v) is 2.58. The Morgan fingerprint density at radius 3 is 2.32 bits per heavy atom. The maximum Gasteiger partial charge on any atom is 0.0351 e. The van der Waals surface area contributed by atoms with Crippen molar-refractivity contribution in [1.29, 1.82) is 0 Å². The number of nitrogens with one attached hydrogen (secondary N) is 1. The zero-order valence-corrected chi connectivity index (χ0v) is 11.5. The summed E-state index contributed by atoms with van der Waals surface area (Å²) in [6.07, 6.45) is 2.72. The van der Waals surface area contributed by atoms with Gasteiger partial charge in [-0.1, -0.05) is 60.2 Å². The Labute approximate surface area is 115 Å². The van der Waals surface area contributed by atoms with Crippen LogP contribution < -0.4 is 5.32 Å². The van der Waals surface area contributed by atoms with Crippen molar-refractivity contribution in [2.45, 2.75) is 32.4 Å². The van der Waals surface area contributed by atoms with Crippen molar-refractivity contribution in [1.82, 2.24) is 5.32 Å². The van der Waals surface area contributed by atoms with Crippen LogP contribution in [0.1, 0.15) is 35.6 Å². The van der Waals surface area contributed by atoms with Crippen molar-refractivity contribution < 1.29 is 0 Å². The van der Waals surface area contributed by atoms with E-state index >= 15 is 0 Å². The number of benzene rings is 2. The summed E-state index contributed by atoms with van der Waals surface area (Å²) in [4.78, 5) is 0. The molecular formula is C18H21N. The van der Waals surface area contributed by atoms with Crippen molar-refractivity contribution >= 4 is 0 Å². The van der Waals surface area contributed by atoms with Crippen molar-refractivity contribution in [3.8, 4) is 0 Å². The topological polar surface area (TPSA) is 12.0 Å². The van der Waals surface area contributed by atoms with Crippen LogP contribution in [0.2, 0.25) is 0 Å². The normalized spacial score (nSPS) is 16.3. The molecule has 2 aromatic carbocycles. The van der Waals surface area contributed by atoms with Crippen molar-refractivity contribution in [3.63, 3.8) is 0 Å². The maximum atomic E-state index is 3.73. The second-order valence-electron chi connectivity index (χ2n) is 5.59. The van der Waals surface area contributed by atoms with E-state index in [1.54, 1.807) is 0 Å². The number of hydrogen-bond donors (Lipinski definition) is 1. The molecule has 0 radical (unpaired) electrons. The molecule has 1 saturated carbocycles. The Kier molecular flexibility index (Phi) is 3.65. The molecule has 0 bridgehead atoms. The van der Waals surface area contributed by atoms with E-state index in [-0.39, 0.29) is 0 Å². The molecule has 1 heteroatoms. The van der Waals surface area contributed by atoms with Gasteiger partial charge in [-0.3, -0.25) is 0 Å². The van der Waals surface area contributed by atoms with Gasteiger partial charge in [-0.15, -0.1) is 0 Å². The first kappa shape index (κ1) is 12.4. The summed E-state index contributed by atoms with van der Waals surface area (Å²) in [5.41, 5.74) is 4.12. The summed E-state index contributed by atoms with van der Waals surface area (Å²) < 4.78 is 0. The van der Waals surface area contributed by atoms with Gasteiger partial charge in [0.25, 0.3) is 0 Å². The molecule has 98 valence electrons. The summed E-state index contributed by atoms with van der Waals surface area (Å²) in [5.74, 6) is 0.827. The van der Waals surface area contributed by atoms with E-state index in [9.17, 15) is 0 Å². The highest BCUT2D eigenvalue weighted by molar-refractivity contribution is 5.23. The van der Waals surface area contributed by atoms with Gasteiger partial charge in [-0.05, 0) is 36.8 Å². The molecule has 0 aliphatic heterocycles. The van der Waals surface area contributed by atoms with E-state index in [4.69, 9.17) is 0 Å². The van der Waals surface area contributed by atoms with Gasteiger partial charge < -0.3 is 5.32 Å². The summed E-state index contributed by atoms with van der Waals surface area (Å²) in [7, 11) is 0. The molecule has 1 fully saturated rings. The van der Waals surface area contributed by atoms with Gasteiger partial charge in [0.05, 0.1) is 0 Å². The van der Waals surface area contributed by atoms with Crippen LogP contribution in [-0.2, 0) is 6.54 Å². The van der Waals surface area contributed by atoms with Crippen LogP contribution in [0.15, 0.2) is 54.6 Å². The van der Waals surface area contributed by atoms with Crippen LogP contribution in [0.4, 0.5) is 0 Å². The fraction of sp³-hybridized carbons (Fsp3) is 0.333. The van der Waals surface area contributed by atoms with Gasteiger partial charge in [0.2, 0.25) is 0 Å². The Bertz CT molecular complexity index is 511. The molecule has 0 saturated heterocycles. The predicted octanol–water partition coefficient (Wildman–Crippen LogP) is 4.24. The monoisotopic (exact) mass is 251 g/mol. The summed E-state index contributed by atoms with van der Waals surface area (Å²) >= 11 is 0. The third kappa shape index (κ3) is 3.24. The van der Waals surface area contributed by atoms with Gasteiger partial charge in [0, 0.05) is 12.6 Å². The molecule has 0 aromatic heterocycles. The fourth-order valence-electron chi connectivity index (χ4n) is 2.58. The van der Waals surface area contributed by atoms with Crippen molar-refractivity contribution in [2.24, 2.45) is 5.92 Å². The van der Waals surface area contributed by atoms with E-state index in [0.717, 1.165) is 12.5 Å². The lowest BCUT2D eigenvalue weighted by atomic mass is 10.0. The first-order valence-corrected chi connectivity index (χ1v) is 7.17. The minimum absolute atomic E-state index is 0.516. The highest BCUT2D eigenvalue weighted by Crippen LogP contribution is 2.41. The highest BCUT2D eigenvalue weighted by Gasteiger charge is 2.31. The van der Waals surface area contributed by atoms with E-state index in [2.05, 4.69) is 66.8 Å². The molecule has 0 amide bonds. The first-order valence-electron chi connectivity index (χ1n) is 7.17. The van der Waals surface area contributed by atoms with Crippen LogP contribution >= 0.6 is 0 Å². The zero-order valence-electron chi connectivity index (χ0n) is 11.5. The molecule has 0 spiro atoms. The molecular weight excluding hydrogens is 230 g/mol. The Balaban J connectivity index is 1.67. The minimum Gasteiger partial charge on any atom is -0.306 e. The molecule has 1 N–H and O–H groups in total. The van der Waals surface area contributed by atoms with E-state index < -0.39 is 0 Å². The quantitative estimate of drug-likeness (QED) is 0.838. The Morgan fingerprint density at radius 1 is 1.00 bits per heavy atom. The lowest BCUT2D eigenvalue weighted by Crippen LogP contribution is -2.22. The van der Waals surface area contributed by atoms with Gasteiger partial charge in [0.1, 0.15) is 0 Å². The highest BCUT2D eigenvalue weighted by atomic mass is 14.9. The van der Waals surface area contributed by atoms with E-state index in [0.29, 0.717) is 6.04 Å². The summed E-state index contributed by atoms with van der Waals surface area (Å²) in [5, 5.41) is 3.73. The standard InChI is InChI=1S/C18H21N/c1-14-7-9-15(10-8-14)13-19-18(17-11-12-17)16-5-3-2-4-6-16/h2-10,17-19H,11-13H2,1H3. The lowest BCUT2D eigenvalue weighted by Gasteiger charge is -2.19. The van der Waals surface area contributed by atoms with E-state index in [1.807, 2.05) is 0 Å². The molecule has 1 atom stereocenters. The van der Waals surface area contributed by atoms with Crippen molar-refractivity contribution in [3.05, 3.63) is 71.3 Å². The zero-order chi connectivity index (χ0) is 13.1. The molecule has 1 nitrogen and oxygen atoms in total. The third-order valence-electron chi connectivity index (χ3n) is 3.90. The smallest absolute Gasteiger partial charge is 0.0351 e. The second kappa shape index (κ2) is 5.58. The molecule has 1 aliphatic carbocycles. The lowest BCUT2D eigenvalue weighted by molar-refractivity contribution is 0.480. The van der Waals surface area contributed by atoms with Crippen LogP contribution in [0.3, 0.4) is 0 Å². The van der Waals surface area contributed by atoms with Crippen LogP contribution in [0.25, 0.3) is 0 Å². The number of aryl methyl sites for hydroxylation is 1. The maximum absolute atomic E-state index is 3.73. The SMILES string of the molecule is Cc1ccc(CNC(c2ccccc2)C2CC2)cc1. The first-order chi connectivity index (χ1) is 9.33. The average Bonchev–Trinajstić information content (AvgIpc) is 3.27. The number of hydrogen-bond acceptors (Lipinski definition) is 1. The molecule has 1 unspecified atom stereocenters. The third-order valence-corrected chi connectivity index (χ3v) is 3.90. The van der Waals surface area contributed by atoms with Crippen LogP contribution in [-0.4, -0.2) is 0 Å². The summed E-state index contributed by atoms with van der Waals surface area (Å²) in [6.45, 7) is 3.09. The van der Waals surface area contributed by atoms with E-state index in [1.165, 1.54) is 29.5 Å².